The van der Waals surface area contributed by atoms with Gasteiger partial charge in [0.05, 0.1) is 12.2 Å². The molecular formula is C21H25NO7. The van der Waals surface area contributed by atoms with Gasteiger partial charge in [-0.3, -0.25) is 4.79 Å². The number of nitrogens with one attached hydrogen (secondary N) is 1. The topological polar surface area (TPSA) is 128 Å². The molecule has 1 fully saturated rings. The maximum atomic E-state index is 12.8. The summed E-state index contributed by atoms with van der Waals surface area (Å²) in [6, 6.07) is 14.4. The minimum absolute atomic E-state index is 0.153. The van der Waals surface area contributed by atoms with Crippen LogP contribution in [0, 0.1) is 6.92 Å². The van der Waals surface area contributed by atoms with Gasteiger partial charge in [-0.15, -0.1) is 0 Å². The van der Waals surface area contributed by atoms with Crippen molar-refractivity contribution in [2.75, 3.05) is 6.61 Å². The van der Waals surface area contributed by atoms with Crippen LogP contribution in [0.15, 0.2) is 48.5 Å². The summed E-state index contributed by atoms with van der Waals surface area (Å²) in [5.74, 6) is -0.216. The molecule has 1 saturated heterocycles. The van der Waals surface area contributed by atoms with Crippen LogP contribution < -0.4 is 10.1 Å². The molecule has 0 radical (unpaired) electrons. The Kier molecular flexibility index (Phi) is 6.83. The van der Waals surface area contributed by atoms with E-state index in [9.17, 15) is 25.2 Å². The zero-order valence-electron chi connectivity index (χ0n) is 15.9. The Hall–Kier alpha value is -2.49. The predicted molar refractivity (Wildman–Crippen MR) is 103 cm³/mol. The Labute approximate surface area is 168 Å². The molecule has 8 nitrogen and oxygen atoms in total. The van der Waals surface area contributed by atoms with Crippen molar-refractivity contribution in [1.82, 2.24) is 5.32 Å². The zero-order valence-corrected chi connectivity index (χ0v) is 15.9. The van der Waals surface area contributed by atoms with Crippen molar-refractivity contribution in [3.63, 3.8) is 0 Å². The van der Waals surface area contributed by atoms with E-state index in [4.69, 9.17) is 9.47 Å². The number of carbonyl (C=O) groups is 1. The van der Waals surface area contributed by atoms with Crippen molar-refractivity contribution in [2.24, 2.45) is 0 Å². The fourth-order valence-corrected chi connectivity index (χ4v) is 3.19. The highest BCUT2D eigenvalue weighted by Gasteiger charge is 2.45. The Bertz CT molecular complexity index is 827. The van der Waals surface area contributed by atoms with E-state index in [1.165, 1.54) is 0 Å². The van der Waals surface area contributed by atoms with Gasteiger partial charge in [0.1, 0.15) is 30.2 Å². The first-order chi connectivity index (χ1) is 13.9. The van der Waals surface area contributed by atoms with Crippen molar-refractivity contribution in [3.8, 4) is 5.75 Å². The molecule has 2 aromatic rings. The van der Waals surface area contributed by atoms with E-state index in [0.717, 1.165) is 5.56 Å². The van der Waals surface area contributed by atoms with Crippen molar-refractivity contribution in [2.45, 2.75) is 44.2 Å². The van der Waals surface area contributed by atoms with Gasteiger partial charge in [0.15, 0.2) is 0 Å². The van der Waals surface area contributed by atoms with Crippen LogP contribution in [0.4, 0.5) is 0 Å². The quantitative estimate of drug-likeness (QED) is 0.463. The molecule has 29 heavy (non-hydrogen) atoms. The molecule has 2 aromatic carbocycles. The predicted octanol–water partition coefficient (Wildman–Crippen LogP) is 0.104. The molecule has 1 aliphatic rings. The average Bonchev–Trinajstić information content (AvgIpc) is 2.73. The summed E-state index contributed by atoms with van der Waals surface area (Å²) in [4.78, 5) is 12.8. The van der Waals surface area contributed by atoms with Gasteiger partial charge in [-0.05, 0) is 24.1 Å². The molecule has 5 atom stereocenters. The summed E-state index contributed by atoms with van der Waals surface area (Å²) in [5, 5.41) is 42.2. The second-order valence-corrected chi connectivity index (χ2v) is 6.93. The third kappa shape index (κ3) is 4.75. The molecule has 1 heterocycles. The number of benzene rings is 2. The average molecular weight is 403 g/mol. The fourth-order valence-electron chi connectivity index (χ4n) is 3.19. The Morgan fingerprint density at radius 3 is 2.45 bits per heavy atom. The highest BCUT2D eigenvalue weighted by Crippen LogP contribution is 2.28. The van der Waals surface area contributed by atoms with Gasteiger partial charge < -0.3 is 35.2 Å². The minimum Gasteiger partial charge on any atom is -0.461 e. The van der Waals surface area contributed by atoms with Crippen LogP contribution in [-0.4, -0.2) is 63.6 Å². The van der Waals surface area contributed by atoms with Crippen LogP contribution in [0.1, 0.15) is 21.5 Å². The normalized spacial score (nSPS) is 26.7. The molecule has 0 saturated carbocycles. The number of ether oxygens (including phenoxy) is 2. The van der Waals surface area contributed by atoms with Crippen LogP contribution in [0.3, 0.4) is 0 Å². The van der Waals surface area contributed by atoms with Crippen LogP contribution >= 0.6 is 0 Å². The number of rotatable bonds is 6. The third-order valence-electron chi connectivity index (χ3n) is 4.85. The maximum absolute atomic E-state index is 12.8. The molecule has 5 N–H and O–H groups in total. The lowest BCUT2D eigenvalue weighted by molar-refractivity contribution is -0.277. The summed E-state index contributed by atoms with van der Waals surface area (Å²) in [5.41, 5.74) is 1.85. The van der Waals surface area contributed by atoms with E-state index in [0.29, 0.717) is 12.1 Å². The molecule has 0 aliphatic carbocycles. The number of aliphatic hydroxyl groups excluding tert-OH is 4. The number of aryl methyl sites for hydroxylation is 1. The number of hydrogen-bond donors (Lipinski definition) is 5. The van der Waals surface area contributed by atoms with Crippen LogP contribution in [0.2, 0.25) is 0 Å². The lowest BCUT2D eigenvalue weighted by Crippen LogP contribution is -2.60. The molecule has 1 amide bonds. The van der Waals surface area contributed by atoms with Gasteiger partial charge in [-0.25, -0.2) is 0 Å². The molecule has 156 valence electrons. The molecule has 8 heteroatoms. The van der Waals surface area contributed by atoms with Gasteiger partial charge in [0.25, 0.3) is 5.91 Å². The first-order valence-corrected chi connectivity index (χ1v) is 9.31. The van der Waals surface area contributed by atoms with E-state index < -0.39 is 37.3 Å². The molecule has 0 aromatic heterocycles. The summed E-state index contributed by atoms with van der Waals surface area (Å²) >= 11 is 0. The van der Waals surface area contributed by atoms with Gasteiger partial charge >= 0.3 is 0 Å². The van der Waals surface area contributed by atoms with Gasteiger partial charge in [-0.1, -0.05) is 42.5 Å². The van der Waals surface area contributed by atoms with Gasteiger partial charge in [0.2, 0.25) is 6.29 Å². The first-order valence-electron chi connectivity index (χ1n) is 9.31. The Balaban J connectivity index is 1.78. The van der Waals surface area contributed by atoms with E-state index in [1.807, 2.05) is 30.3 Å². The van der Waals surface area contributed by atoms with Crippen molar-refractivity contribution < 1.29 is 34.7 Å². The van der Waals surface area contributed by atoms with Crippen molar-refractivity contribution >= 4 is 5.91 Å². The van der Waals surface area contributed by atoms with Crippen LogP contribution in [0.25, 0.3) is 0 Å². The lowest BCUT2D eigenvalue weighted by Gasteiger charge is -2.39. The third-order valence-corrected chi connectivity index (χ3v) is 4.85. The maximum Gasteiger partial charge on any atom is 0.255 e. The molecule has 3 rings (SSSR count). The zero-order chi connectivity index (χ0) is 21.0. The second kappa shape index (κ2) is 9.34. The largest absolute Gasteiger partial charge is 0.461 e. The SMILES string of the molecule is Cc1cccc(O[C@@H]2O[C@H](CO)[C@@H](O)[C@H](O)[C@H]2O)c1C(=O)NCc1ccccc1. The summed E-state index contributed by atoms with van der Waals surface area (Å²) in [7, 11) is 0. The van der Waals surface area contributed by atoms with E-state index in [2.05, 4.69) is 5.32 Å². The monoisotopic (exact) mass is 403 g/mol. The smallest absolute Gasteiger partial charge is 0.255 e. The Morgan fingerprint density at radius 2 is 1.76 bits per heavy atom. The van der Waals surface area contributed by atoms with Crippen molar-refractivity contribution in [1.29, 1.82) is 0 Å². The first kappa shape index (κ1) is 21.2. The molecule has 1 aliphatic heterocycles. The summed E-state index contributed by atoms with van der Waals surface area (Å²) in [6.45, 7) is 1.51. The summed E-state index contributed by atoms with van der Waals surface area (Å²) in [6.07, 6.45) is -7.08. The fraction of sp³-hybridized carbons (Fsp3) is 0.381. The minimum atomic E-state index is -1.56. The lowest BCUT2D eigenvalue weighted by atomic mass is 9.99. The number of carbonyl (C=O) groups excluding carboxylic acids is 1. The van der Waals surface area contributed by atoms with E-state index >= 15 is 0 Å². The van der Waals surface area contributed by atoms with E-state index in [-0.39, 0.29) is 17.2 Å². The van der Waals surface area contributed by atoms with Crippen LogP contribution in [0.5, 0.6) is 5.75 Å². The number of aliphatic hydroxyl groups is 4. The molecular weight excluding hydrogens is 378 g/mol. The molecule has 0 bridgehead atoms. The molecule has 0 spiro atoms. The van der Waals surface area contributed by atoms with Crippen LogP contribution in [-0.2, 0) is 11.3 Å². The van der Waals surface area contributed by atoms with Gasteiger partial charge in [0, 0.05) is 6.54 Å². The standard InChI is InChI=1S/C21H25NO7/c1-12-6-5-9-14(16(12)20(27)22-10-13-7-3-2-4-8-13)28-21-19(26)18(25)17(24)15(11-23)29-21/h2-9,15,17-19,21,23-26H,10-11H2,1H3,(H,22,27)/t15-,17-,18+,19-,21-/m1/s1. The second-order valence-electron chi connectivity index (χ2n) is 6.93. The molecule has 0 unspecified atom stereocenters. The van der Waals surface area contributed by atoms with Crippen molar-refractivity contribution in [3.05, 3.63) is 65.2 Å². The Morgan fingerprint density at radius 1 is 1.03 bits per heavy atom. The number of amides is 1. The number of hydrogen-bond acceptors (Lipinski definition) is 7. The highest BCUT2D eigenvalue weighted by molar-refractivity contribution is 5.98. The van der Waals surface area contributed by atoms with Gasteiger partial charge in [-0.2, -0.15) is 0 Å². The highest BCUT2D eigenvalue weighted by atomic mass is 16.7. The summed E-state index contributed by atoms with van der Waals surface area (Å²) < 4.78 is 11.1. The van der Waals surface area contributed by atoms with E-state index in [1.54, 1.807) is 25.1 Å².